The number of nitro groups is 1. The number of hydrogen-bond acceptors (Lipinski definition) is 8. The molecule has 1 aromatic carbocycles. The summed E-state index contributed by atoms with van der Waals surface area (Å²) in [5, 5.41) is 22.5. The summed E-state index contributed by atoms with van der Waals surface area (Å²) < 4.78 is 52.6. The summed E-state index contributed by atoms with van der Waals surface area (Å²) in [6, 6.07) is 0.609. The van der Waals surface area contributed by atoms with Crippen LogP contribution in [0.5, 0.6) is 11.5 Å². The molecule has 0 radical (unpaired) electrons. The summed E-state index contributed by atoms with van der Waals surface area (Å²) >= 11 is 0. The molecule has 0 aliphatic rings. The van der Waals surface area contributed by atoms with Gasteiger partial charge in [-0.3, -0.25) is 10.1 Å². The summed E-state index contributed by atoms with van der Waals surface area (Å²) in [7, 11) is 2.56. The highest BCUT2D eigenvalue weighted by Gasteiger charge is 2.35. The number of rotatable bonds is 9. The number of carbonyl (C=O) groups is 2. The maximum absolute atomic E-state index is 12.6. The lowest BCUT2D eigenvalue weighted by Gasteiger charge is -2.14. The van der Waals surface area contributed by atoms with Gasteiger partial charge in [-0.05, 0) is 6.07 Å². The van der Waals surface area contributed by atoms with Gasteiger partial charge in [-0.25, -0.2) is 14.6 Å². The topological polar surface area (TPSA) is 166 Å². The van der Waals surface area contributed by atoms with Gasteiger partial charge >= 0.3 is 18.2 Å². The van der Waals surface area contributed by atoms with Gasteiger partial charge < -0.3 is 29.6 Å². The van der Waals surface area contributed by atoms with Gasteiger partial charge in [0.1, 0.15) is 12.6 Å². The first kappa shape index (κ1) is 24.2. The Morgan fingerprint density at radius 3 is 2.41 bits per heavy atom. The number of methoxy groups -OCH3 is 2. The molecule has 0 aliphatic heterocycles. The molecule has 1 amide bonds. The van der Waals surface area contributed by atoms with Gasteiger partial charge in [0, 0.05) is 18.3 Å². The first-order valence-corrected chi connectivity index (χ1v) is 8.62. The average Bonchev–Trinajstić information content (AvgIpc) is 3.20. The number of benzene rings is 1. The van der Waals surface area contributed by atoms with Gasteiger partial charge in [0.2, 0.25) is 5.82 Å². The standard InChI is InChI=1S/C17H17F3N4O8/c1-30-12-3-8(11(24(28)29)5-13(12)31-2)7-32-16(27)23-10(14(25)26)4-9-6-21-15(22-9)17(18,19)20/h3,5-6,10H,4,7H2,1-2H3,(H,21,22)(H,23,27)(H,25,26)/t10-/m0/s1. The maximum atomic E-state index is 12.6. The van der Waals surface area contributed by atoms with E-state index in [9.17, 15) is 38.0 Å². The van der Waals surface area contributed by atoms with Crippen LogP contribution in [-0.2, 0) is 28.7 Å². The van der Waals surface area contributed by atoms with Gasteiger partial charge in [-0.2, -0.15) is 13.2 Å². The third kappa shape index (κ3) is 5.99. The van der Waals surface area contributed by atoms with Crippen LogP contribution < -0.4 is 14.8 Å². The number of hydrogen-bond donors (Lipinski definition) is 3. The molecule has 12 nitrogen and oxygen atoms in total. The minimum Gasteiger partial charge on any atom is -0.493 e. The van der Waals surface area contributed by atoms with E-state index in [1.54, 1.807) is 0 Å². The van der Waals surface area contributed by atoms with Crippen molar-refractivity contribution < 1.29 is 47.0 Å². The quantitative estimate of drug-likeness (QED) is 0.374. The molecular formula is C17H17F3N4O8. The van der Waals surface area contributed by atoms with E-state index in [0.29, 0.717) is 0 Å². The number of amides is 1. The Hall–Kier alpha value is -4.04. The van der Waals surface area contributed by atoms with E-state index in [0.717, 1.165) is 12.3 Å². The van der Waals surface area contributed by atoms with Crippen LogP contribution >= 0.6 is 0 Å². The summed E-state index contributed by atoms with van der Waals surface area (Å²) in [6.45, 7) is -0.628. The molecule has 1 heterocycles. The number of aromatic amines is 1. The van der Waals surface area contributed by atoms with Crippen LogP contribution in [0.3, 0.4) is 0 Å². The summed E-state index contributed by atoms with van der Waals surface area (Å²) in [4.78, 5) is 38.9. The number of H-pyrrole nitrogens is 1. The van der Waals surface area contributed by atoms with Crippen molar-refractivity contribution in [3.8, 4) is 11.5 Å². The fourth-order valence-corrected chi connectivity index (χ4v) is 2.55. The van der Waals surface area contributed by atoms with Gasteiger partial charge in [0.05, 0.1) is 30.8 Å². The van der Waals surface area contributed by atoms with Crippen molar-refractivity contribution in [3.63, 3.8) is 0 Å². The molecule has 0 aliphatic carbocycles. The first-order chi connectivity index (χ1) is 15.0. The fraction of sp³-hybridized carbons (Fsp3) is 0.353. The number of carboxylic acid groups (broad SMARTS) is 1. The number of imidazole rings is 1. The van der Waals surface area contributed by atoms with Crippen molar-refractivity contribution in [2.45, 2.75) is 25.2 Å². The van der Waals surface area contributed by atoms with Crippen LogP contribution in [0.1, 0.15) is 17.1 Å². The summed E-state index contributed by atoms with van der Waals surface area (Å²) in [5.41, 5.74) is -0.707. The molecule has 1 aromatic heterocycles. The van der Waals surface area contributed by atoms with E-state index < -0.39 is 53.7 Å². The smallest absolute Gasteiger partial charge is 0.449 e. The van der Waals surface area contributed by atoms with Crippen LogP contribution in [0, 0.1) is 10.1 Å². The van der Waals surface area contributed by atoms with Crippen molar-refractivity contribution >= 4 is 17.7 Å². The highest BCUT2D eigenvalue weighted by molar-refractivity contribution is 5.80. The highest BCUT2D eigenvalue weighted by atomic mass is 19.4. The van der Waals surface area contributed by atoms with E-state index >= 15 is 0 Å². The molecule has 1 atom stereocenters. The molecule has 0 unspecified atom stereocenters. The Morgan fingerprint density at radius 2 is 1.91 bits per heavy atom. The van der Waals surface area contributed by atoms with Crippen molar-refractivity contribution in [1.82, 2.24) is 15.3 Å². The predicted molar refractivity (Wildman–Crippen MR) is 98.2 cm³/mol. The van der Waals surface area contributed by atoms with Crippen LogP contribution in [0.15, 0.2) is 18.3 Å². The Morgan fingerprint density at radius 1 is 1.28 bits per heavy atom. The normalized spacial score (nSPS) is 12.0. The largest absolute Gasteiger partial charge is 0.493 e. The molecule has 2 aromatic rings. The minimum absolute atomic E-state index is 0.0659. The van der Waals surface area contributed by atoms with E-state index in [-0.39, 0.29) is 22.8 Å². The van der Waals surface area contributed by atoms with E-state index in [1.165, 1.54) is 20.3 Å². The van der Waals surface area contributed by atoms with Crippen LogP contribution in [0.4, 0.5) is 23.7 Å². The zero-order valence-electron chi connectivity index (χ0n) is 16.6. The second-order valence-corrected chi connectivity index (χ2v) is 6.16. The lowest BCUT2D eigenvalue weighted by molar-refractivity contribution is -0.385. The third-order valence-electron chi connectivity index (χ3n) is 4.05. The number of nitrogens with one attached hydrogen (secondary N) is 2. The molecule has 32 heavy (non-hydrogen) atoms. The lowest BCUT2D eigenvalue weighted by atomic mass is 10.1. The van der Waals surface area contributed by atoms with Gasteiger partial charge in [-0.15, -0.1) is 0 Å². The second-order valence-electron chi connectivity index (χ2n) is 6.16. The Kier molecular flexibility index (Phi) is 7.45. The Labute approximate surface area is 177 Å². The zero-order valence-corrected chi connectivity index (χ0v) is 16.6. The molecule has 0 saturated carbocycles. The molecule has 174 valence electrons. The molecule has 3 N–H and O–H groups in total. The van der Waals surface area contributed by atoms with Gasteiger partial charge in [0.15, 0.2) is 11.5 Å². The van der Waals surface area contributed by atoms with E-state index in [1.807, 2.05) is 10.3 Å². The number of carboxylic acids is 1. The number of ether oxygens (including phenoxy) is 3. The van der Waals surface area contributed by atoms with Crippen molar-refractivity contribution in [2.24, 2.45) is 0 Å². The zero-order chi connectivity index (χ0) is 24.1. The number of alkyl carbamates (subject to hydrolysis) is 1. The minimum atomic E-state index is -4.75. The van der Waals surface area contributed by atoms with Crippen LogP contribution in [-0.4, -0.2) is 52.3 Å². The highest BCUT2D eigenvalue weighted by Crippen LogP contribution is 2.34. The first-order valence-electron chi connectivity index (χ1n) is 8.62. The fourth-order valence-electron chi connectivity index (χ4n) is 2.55. The average molecular weight is 462 g/mol. The Balaban J connectivity index is 2.09. The molecule has 2 rings (SSSR count). The second kappa shape index (κ2) is 9.84. The number of carbonyl (C=O) groups excluding carboxylic acids is 1. The SMILES string of the molecule is COc1cc(COC(=O)N[C@@H](Cc2cnc(C(F)(F)F)[nH]2)C(=O)O)c([N+](=O)[O-])cc1OC. The molecule has 15 heteroatoms. The third-order valence-corrected chi connectivity index (χ3v) is 4.05. The van der Waals surface area contributed by atoms with Crippen molar-refractivity contribution in [2.75, 3.05) is 14.2 Å². The molecule has 0 bridgehead atoms. The van der Waals surface area contributed by atoms with Gasteiger partial charge in [-0.1, -0.05) is 0 Å². The number of alkyl halides is 3. The number of nitrogens with zero attached hydrogens (tertiary/aromatic N) is 2. The summed E-state index contributed by atoms with van der Waals surface area (Å²) in [5.74, 6) is -2.68. The molecule has 0 spiro atoms. The van der Waals surface area contributed by atoms with Crippen LogP contribution in [0.25, 0.3) is 0 Å². The maximum Gasteiger partial charge on any atom is 0.449 e. The Bertz CT molecular complexity index is 1010. The molecular weight excluding hydrogens is 445 g/mol. The molecule has 0 fully saturated rings. The summed E-state index contributed by atoms with van der Waals surface area (Å²) in [6.07, 6.45) is -5.78. The number of aromatic nitrogens is 2. The predicted octanol–water partition coefficient (Wildman–Crippen LogP) is 2.28. The lowest BCUT2D eigenvalue weighted by Crippen LogP contribution is -2.42. The monoisotopic (exact) mass is 462 g/mol. The van der Waals surface area contributed by atoms with E-state index in [4.69, 9.17) is 14.2 Å². The van der Waals surface area contributed by atoms with Crippen LogP contribution in [0.2, 0.25) is 0 Å². The molecule has 0 saturated heterocycles. The van der Waals surface area contributed by atoms with Crippen molar-refractivity contribution in [3.05, 3.63) is 45.5 Å². The van der Waals surface area contributed by atoms with Gasteiger partial charge in [0.25, 0.3) is 5.69 Å². The number of nitro benzene ring substituents is 1. The number of halogens is 3. The number of aliphatic carboxylic acids is 1. The van der Waals surface area contributed by atoms with Crippen molar-refractivity contribution in [1.29, 1.82) is 0 Å². The van der Waals surface area contributed by atoms with E-state index in [2.05, 4.69) is 4.98 Å².